The van der Waals surface area contributed by atoms with Gasteiger partial charge in [-0.3, -0.25) is 4.79 Å². The van der Waals surface area contributed by atoms with Crippen LogP contribution < -0.4 is 16.8 Å². The number of carbonyl (C=O) groups excluding carboxylic acids is 1. The van der Waals surface area contributed by atoms with Crippen LogP contribution in [0.15, 0.2) is 42.3 Å². The van der Waals surface area contributed by atoms with E-state index < -0.39 is 0 Å². The number of imidazole rings is 1. The minimum Gasteiger partial charge on any atom is -0.382 e. The van der Waals surface area contributed by atoms with Gasteiger partial charge in [-0.1, -0.05) is 69.2 Å². The van der Waals surface area contributed by atoms with Crippen LogP contribution in [-0.2, 0) is 4.79 Å². The Hall–Kier alpha value is -2.83. The van der Waals surface area contributed by atoms with Crippen molar-refractivity contribution >= 4 is 36.4 Å². The molecule has 174 valence electrons. The summed E-state index contributed by atoms with van der Waals surface area (Å²) in [4.78, 5) is 21.5. The smallest absolute Gasteiger partial charge is 0.223 e. The normalized spacial score (nSPS) is 17.5. The van der Waals surface area contributed by atoms with Gasteiger partial charge in [0.25, 0.3) is 0 Å². The van der Waals surface area contributed by atoms with E-state index in [0.717, 1.165) is 36.8 Å². The van der Waals surface area contributed by atoms with Crippen LogP contribution >= 0.6 is 0 Å². The molecule has 6 nitrogen and oxygen atoms in total. The summed E-state index contributed by atoms with van der Waals surface area (Å²) in [5.41, 5.74) is 9.77. The van der Waals surface area contributed by atoms with E-state index in [1.165, 1.54) is 32.1 Å². The van der Waals surface area contributed by atoms with E-state index in [2.05, 4.69) is 15.3 Å². The molecule has 2 radical (unpaired) electrons. The number of rotatable bonds is 6. The third-order valence-corrected chi connectivity index (χ3v) is 6.49. The highest BCUT2D eigenvalue weighted by Gasteiger charge is 2.18. The average molecular weight is 445 g/mol. The predicted octanol–water partition coefficient (Wildman–Crippen LogP) is 4.27. The molecule has 0 atom stereocenters. The molecular formula is C26H36BN5O. The zero-order chi connectivity index (χ0) is 23.6. The third-order valence-electron chi connectivity index (χ3n) is 6.49. The molecular weight excluding hydrogens is 409 g/mol. The lowest BCUT2D eigenvalue weighted by Gasteiger charge is -2.18. The Bertz CT molecular complexity index is 1030. The first-order valence-corrected chi connectivity index (χ1v) is 12.2. The van der Waals surface area contributed by atoms with E-state index >= 15 is 0 Å². The second-order valence-electron chi connectivity index (χ2n) is 8.76. The van der Waals surface area contributed by atoms with Gasteiger partial charge in [-0.05, 0) is 37.8 Å². The van der Waals surface area contributed by atoms with Gasteiger partial charge in [-0.15, -0.1) is 0 Å². The summed E-state index contributed by atoms with van der Waals surface area (Å²) in [6.07, 6.45) is 22.1. The van der Waals surface area contributed by atoms with Crippen LogP contribution in [-0.4, -0.2) is 34.7 Å². The summed E-state index contributed by atoms with van der Waals surface area (Å²) < 4.78 is 1.74. The molecule has 1 aliphatic rings. The maximum Gasteiger partial charge on any atom is 0.223 e. The van der Waals surface area contributed by atoms with Gasteiger partial charge in [0.05, 0.1) is 11.4 Å². The summed E-state index contributed by atoms with van der Waals surface area (Å²) in [5, 5.41) is 3.16. The Morgan fingerprint density at radius 1 is 1.12 bits per heavy atom. The first-order chi connectivity index (χ1) is 16.0. The van der Waals surface area contributed by atoms with Crippen molar-refractivity contribution in [2.24, 2.45) is 5.92 Å². The Kier molecular flexibility index (Phi) is 9.34. The van der Waals surface area contributed by atoms with Crippen molar-refractivity contribution in [3.8, 4) is 0 Å². The van der Waals surface area contributed by atoms with Crippen molar-refractivity contribution in [3.63, 3.8) is 0 Å². The van der Waals surface area contributed by atoms with Crippen LogP contribution in [0.2, 0.25) is 0 Å². The SMILES string of the molecule is [B]c1nc(C(/C=C\C(=C/C)CNC(=O)C2CCCCCCCCC2)=C/C)c2c(N)nccn12. The van der Waals surface area contributed by atoms with E-state index in [0.29, 0.717) is 29.3 Å². The molecule has 0 spiro atoms. The summed E-state index contributed by atoms with van der Waals surface area (Å²) in [6, 6.07) is 0. The second kappa shape index (κ2) is 12.4. The fourth-order valence-electron chi connectivity index (χ4n) is 4.46. The van der Waals surface area contributed by atoms with Crippen LogP contribution in [0.5, 0.6) is 0 Å². The molecule has 2 aromatic rings. The average Bonchev–Trinajstić information content (AvgIpc) is 3.17. The van der Waals surface area contributed by atoms with Crippen LogP contribution in [0, 0.1) is 5.92 Å². The van der Waals surface area contributed by atoms with Crippen molar-refractivity contribution in [2.45, 2.75) is 71.6 Å². The zero-order valence-corrected chi connectivity index (χ0v) is 20.0. The van der Waals surface area contributed by atoms with Crippen molar-refractivity contribution in [1.82, 2.24) is 19.7 Å². The number of allylic oxidation sites excluding steroid dienone is 4. The Morgan fingerprint density at radius 3 is 2.42 bits per heavy atom. The lowest BCUT2D eigenvalue weighted by Crippen LogP contribution is -2.32. The van der Waals surface area contributed by atoms with Gasteiger partial charge in [-0.25, -0.2) is 9.97 Å². The van der Waals surface area contributed by atoms with Gasteiger partial charge in [-0.2, -0.15) is 0 Å². The molecule has 3 N–H and O–H groups in total. The minimum absolute atomic E-state index is 0.131. The number of nitrogen functional groups attached to an aromatic ring is 1. The first-order valence-electron chi connectivity index (χ1n) is 12.2. The lowest BCUT2D eigenvalue weighted by atomic mass is 9.91. The highest BCUT2D eigenvalue weighted by Crippen LogP contribution is 2.24. The maximum atomic E-state index is 12.9. The van der Waals surface area contributed by atoms with Crippen LogP contribution in [0.3, 0.4) is 0 Å². The molecule has 1 amide bonds. The lowest BCUT2D eigenvalue weighted by molar-refractivity contribution is -0.125. The Morgan fingerprint density at radius 2 is 1.79 bits per heavy atom. The van der Waals surface area contributed by atoms with Gasteiger partial charge in [0.2, 0.25) is 5.91 Å². The van der Waals surface area contributed by atoms with Crippen LogP contribution in [0.25, 0.3) is 11.1 Å². The number of nitrogens with zero attached hydrogens (tertiary/aromatic N) is 3. The molecule has 0 unspecified atom stereocenters. The summed E-state index contributed by atoms with van der Waals surface area (Å²) in [6.45, 7) is 4.44. The fourth-order valence-corrected chi connectivity index (χ4v) is 4.46. The molecule has 2 heterocycles. The zero-order valence-electron chi connectivity index (χ0n) is 20.0. The Labute approximate surface area is 198 Å². The second-order valence-corrected chi connectivity index (χ2v) is 8.76. The number of fused-ring (bicyclic) bond motifs is 1. The largest absolute Gasteiger partial charge is 0.382 e. The van der Waals surface area contributed by atoms with Crippen LogP contribution in [0.4, 0.5) is 5.82 Å². The van der Waals surface area contributed by atoms with Gasteiger partial charge < -0.3 is 15.5 Å². The number of amides is 1. The summed E-state index contributed by atoms with van der Waals surface area (Å²) >= 11 is 0. The number of nitrogens with two attached hydrogens (primary N) is 1. The number of carbonyl (C=O) groups is 1. The molecule has 0 saturated heterocycles. The molecule has 7 heteroatoms. The maximum absolute atomic E-state index is 12.9. The van der Waals surface area contributed by atoms with E-state index in [9.17, 15) is 4.79 Å². The van der Waals surface area contributed by atoms with E-state index in [-0.39, 0.29) is 11.8 Å². The highest BCUT2D eigenvalue weighted by molar-refractivity contribution is 6.30. The topological polar surface area (TPSA) is 85.3 Å². The van der Waals surface area contributed by atoms with E-state index in [4.69, 9.17) is 13.6 Å². The fraction of sp³-hybridized carbons (Fsp3) is 0.500. The molecule has 1 saturated carbocycles. The monoisotopic (exact) mass is 445 g/mol. The van der Waals surface area contributed by atoms with E-state index in [1.807, 2.05) is 38.2 Å². The quantitative estimate of drug-likeness (QED) is 0.514. The third kappa shape index (κ3) is 6.59. The molecule has 1 fully saturated rings. The van der Waals surface area contributed by atoms with Gasteiger partial charge >= 0.3 is 0 Å². The first kappa shape index (κ1) is 24.8. The number of hydrogen-bond donors (Lipinski definition) is 2. The molecule has 0 bridgehead atoms. The summed E-state index contributed by atoms with van der Waals surface area (Å²) in [5.74, 6) is 0.696. The van der Waals surface area contributed by atoms with E-state index in [1.54, 1.807) is 16.8 Å². The van der Waals surface area contributed by atoms with Crippen molar-refractivity contribution in [3.05, 3.63) is 48.0 Å². The van der Waals surface area contributed by atoms with Crippen molar-refractivity contribution in [1.29, 1.82) is 0 Å². The molecule has 2 aromatic heterocycles. The highest BCUT2D eigenvalue weighted by atomic mass is 16.1. The number of anilines is 1. The minimum atomic E-state index is 0.131. The Balaban J connectivity index is 1.65. The van der Waals surface area contributed by atoms with Gasteiger partial charge in [0.1, 0.15) is 11.3 Å². The molecule has 3 rings (SSSR count). The standard InChI is InChI=1S/C26H36BN5O/c1-3-19(18-30-25(33)21-12-10-8-6-5-7-9-11-13-21)14-15-20(4-2)22-23-24(28)29-16-17-32(23)26(27)31-22/h3-4,14-17,21H,5-13,18H2,1-2H3,(H2,28,29)(H,30,33)/b15-14-,19-3+,20-4+. The molecule has 0 aromatic carbocycles. The van der Waals surface area contributed by atoms with Gasteiger partial charge in [0, 0.05) is 24.9 Å². The molecule has 33 heavy (non-hydrogen) atoms. The van der Waals surface area contributed by atoms with Gasteiger partial charge in [0.15, 0.2) is 7.85 Å². The van der Waals surface area contributed by atoms with Crippen LogP contribution in [0.1, 0.15) is 77.3 Å². The number of hydrogen-bond acceptors (Lipinski definition) is 4. The van der Waals surface area contributed by atoms with Crippen molar-refractivity contribution in [2.75, 3.05) is 12.3 Å². The summed E-state index contributed by atoms with van der Waals surface area (Å²) in [7, 11) is 6.07. The van der Waals surface area contributed by atoms with Crippen molar-refractivity contribution < 1.29 is 4.79 Å². The molecule has 0 aliphatic heterocycles. The molecule has 1 aliphatic carbocycles. The number of nitrogens with one attached hydrogen (secondary N) is 1. The predicted molar refractivity (Wildman–Crippen MR) is 137 cm³/mol. The number of aromatic nitrogens is 3.